The zero-order chi connectivity index (χ0) is 20.0. The van der Waals surface area contributed by atoms with Crippen LogP contribution in [-0.4, -0.2) is 23.6 Å². The molecule has 0 saturated heterocycles. The minimum atomic E-state index is -0.412. The van der Waals surface area contributed by atoms with Crippen LogP contribution in [0.1, 0.15) is 34.7 Å². The summed E-state index contributed by atoms with van der Waals surface area (Å²) in [5, 5.41) is 18.1. The van der Waals surface area contributed by atoms with E-state index in [0.717, 1.165) is 16.8 Å². The number of hydrazone groups is 1. The van der Waals surface area contributed by atoms with Crippen molar-refractivity contribution in [2.75, 3.05) is 11.9 Å². The molecule has 0 aliphatic rings. The van der Waals surface area contributed by atoms with Crippen molar-refractivity contribution in [3.8, 4) is 0 Å². The second kappa shape index (κ2) is 8.93. The first-order valence-electron chi connectivity index (χ1n) is 8.72. The standard InChI is InChI=1S/C20H24N4O3/c1-5-17-7-6-16(10-18(17)24(26)27)11-22-23-19(25)12-21-20-14(3)8-13(2)9-15(20)4/h6-11,21H,5,12H2,1-4H3,(H,23,25)/b22-11-. The zero-order valence-corrected chi connectivity index (χ0v) is 16.0. The molecule has 0 unspecified atom stereocenters. The summed E-state index contributed by atoms with van der Waals surface area (Å²) in [6.07, 6.45) is 1.97. The molecule has 0 spiro atoms. The summed E-state index contributed by atoms with van der Waals surface area (Å²) in [6, 6.07) is 8.99. The molecule has 0 saturated carbocycles. The van der Waals surface area contributed by atoms with Gasteiger partial charge in [-0.1, -0.05) is 36.8 Å². The molecule has 0 aliphatic carbocycles. The van der Waals surface area contributed by atoms with Gasteiger partial charge in [0, 0.05) is 22.9 Å². The number of carbonyl (C=O) groups is 1. The number of anilines is 1. The Labute approximate surface area is 158 Å². The second-order valence-corrected chi connectivity index (χ2v) is 6.42. The van der Waals surface area contributed by atoms with E-state index in [2.05, 4.69) is 28.0 Å². The number of nitro groups is 1. The lowest BCUT2D eigenvalue weighted by molar-refractivity contribution is -0.385. The Morgan fingerprint density at radius 1 is 1.19 bits per heavy atom. The minimum absolute atomic E-state index is 0.0553. The van der Waals surface area contributed by atoms with E-state index < -0.39 is 4.92 Å². The fraction of sp³-hybridized carbons (Fsp3) is 0.300. The SMILES string of the molecule is CCc1ccc(/C=N\NC(=O)CNc2c(C)cc(C)cc2C)cc1[N+](=O)[O-]. The van der Waals surface area contributed by atoms with Gasteiger partial charge in [-0.25, -0.2) is 5.43 Å². The van der Waals surface area contributed by atoms with Gasteiger partial charge in [-0.3, -0.25) is 14.9 Å². The molecule has 2 rings (SSSR count). The van der Waals surface area contributed by atoms with Crippen molar-refractivity contribution in [1.29, 1.82) is 0 Å². The molecule has 0 atom stereocenters. The van der Waals surface area contributed by atoms with Crippen LogP contribution >= 0.6 is 0 Å². The summed E-state index contributed by atoms with van der Waals surface area (Å²) in [6.45, 7) is 7.96. The largest absolute Gasteiger partial charge is 0.376 e. The van der Waals surface area contributed by atoms with Gasteiger partial charge in [0.2, 0.25) is 0 Å². The summed E-state index contributed by atoms with van der Waals surface area (Å²) in [5.74, 6) is -0.301. The number of hydrogen-bond acceptors (Lipinski definition) is 5. The number of hydrogen-bond donors (Lipinski definition) is 2. The topological polar surface area (TPSA) is 96.6 Å². The van der Waals surface area contributed by atoms with E-state index in [1.807, 2.05) is 27.7 Å². The highest BCUT2D eigenvalue weighted by atomic mass is 16.6. The third-order valence-corrected chi connectivity index (χ3v) is 4.19. The molecule has 7 heteroatoms. The second-order valence-electron chi connectivity index (χ2n) is 6.42. The number of aryl methyl sites for hydroxylation is 4. The van der Waals surface area contributed by atoms with E-state index in [1.54, 1.807) is 12.1 Å². The predicted molar refractivity (Wildman–Crippen MR) is 107 cm³/mol. The van der Waals surface area contributed by atoms with Crippen LogP contribution in [0, 0.1) is 30.9 Å². The molecule has 2 N–H and O–H groups in total. The van der Waals surface area contributed by atoms with E-state index in [9.17, 15) is 14.9 Å². The molecular weight excluding hydrogens is 344 g/mol. The van der Waals surface area contributed by atoms with E-state index in [-0.39, 0.29) is 18.1 Å². The monoisotopic (exact) mass is 368 g/mol. The number of amides is 1. The van der Waals surface area contributed by atoms with Crippen LogP contribution in [0.4, 0.5) is 11.4 Å². The van der Waals surface area contributed by atoms with Crippen LogP contribution in [0.25, 0.3) is 0 Å². The first-order chi connectivity index (χ1) is 12.8. The van der Waals surface area contributed by atoms with Crippen molar-refractivity contribution in [3.05, 3.63) is 68.3 Å². The van der Waals surface area contributed by atoms with Crippen molar-refractivity contribution in [1.82, 2.24) is 5.43 Å². The van der Waals surface area contributed by atoms with Crippen LogP contribution < -0.4 is 10.7 Å². The van der Waals surface area contributed by atoms with E-state index in [1.165, 1.54) is 17.8 Å². The van der Waals surface area contributed by atoms with Gasteiger partial charge in [-0.2, -0.15) is 5.10 Å². The summed E-state index contributed by atoms with van der Waals surface area (Å²) in [5.41, 5.74) is 7.96. The molecule has 0 heterocycles. The Kier molecular flexibility index (Phi) is 6.65. The summed E-state index contributed by atoms with van der Waals surface area (Å²) >= 11 is 0. The number of benzene rings is 2. The normalized spacial score (nSPS) is 10.8. The molecule has 1 amide bonds. The molecule has 0 bridgehead atoms. The first kappa shape index (κ1) is 20.1. The number of nitrogens with zero attached hydrogens (tertiary/aromatic N) is 2. The lowest BCUT2D eigenvalue weighted by atomic mass is 10.1. The summed E-state index contributed by atoms with van der Waals surface area (Å²) in [7, 11) is 0. The average Bonchev–Trinajstić information content (AvgIpc) is 2.60. The lowest BCUT2D eigenvalue weighted by Crippen LogP contribution is -2.26. The van der Waals surface area contributed by atoms with Crippen LogP contribution in [0.15, 0.2) is 35.4 Å². The smallest absolute Gasteiger partial charge is 0.273 e. The van der Waals surface area contributed by atoms with Crippen molar-refractivity contribution >= 4 is 23.5 Å². The number of rotatable bonds is 7. The highest BCUT2D eigenvalue weighted by molar-refractivity contribution is 5.85. The number of carbonyl (C=O) groups excluding carboxylic acids is 1. The Bertz CT molecular complexity index is 868. The Morgan fingerprint density at radius 2 is 1.85 bits per heavy atom. The van der Waals surface area contributed by atoms with Gasteiger partial charge in [0.1, 0.15) is 0 Å². The molecule has 2 aromatic rings. The Hall–Kier alpha value is -3.22. The molecule has 0 aliphatic heterocycles. The predicted octanol–water partition coefficient (Wildman–Crippen LogP) is 3.64. The highest BCUT2D eigenvalue weighted by Crippen LogP contribution is 2.21. The Balaban J connectivity index is 1.96. The van der Waals surface area contributed by atoms with Crippen molar-refractivity contribution in [2.24, 2.45) is 5.10 Å². The van der Waals surface area contributed by atoms with Crippen LogP contribution in [0.2, 0.25) is 0 Å². The molecule has 142 valence electrons. The van der Waals surface area contributed by atoms with Crippen LogP contribution in [0.5, 0.6) is 0 Å². The molecule has 27 heavy (non-hydrogen) atoms. The summed E-state index contributed by atoms with van der Waals surface area (Å²) < 4.78 is 0. The van der Waals surface area contributed by atoms with Crippen molar-refractivity contribution < 1.29 is 9.72 Å². The molecule has 0 fully saturated rings. The van der Waals surface area contributed by atoms with Crippen molar-refractivity contribution in [2.45, 2.75) is 34.1 Å². The fourth-order valence-corrected chi connectivity index (χ4v) is 2.98. The molecule has 0 radical (unpaired) electrons. The van der Waals surface area contributed by atoms with E-state index >= 15 is 0 Å². The van der Waals surface area contributed by atoms with Gasteiger partial charge in [0.25, 0.3) is 11.6 Å². The fourth-order valence-electron chi connectivity index (χ4n) is 2.98. The maximum absolute atomic E-state index is 12.0. The Morgan fingerprint density at radius 3 is 2.44 bits per heavy atom. The third kappa shape index (κ3) is 5.37. The van der Waals surface area contributed by atoms with Gasteiger partial charge in [0.15, 0.2) is 0 Å². The van der Waals surface area contributed by atoms with Crippen molar-refractivity contribution in [3.63, 3.8) is 0 Å². The zero-order valence-electron chi connectivity index (χ0n) is 16.0. The molecule has 0 aromatic heterocycles. The van der Waals surface area contributed by atoms with E-state index in [4.69, 9.17) is 0 Å². The summed E-state index contributed by atoms with van der Waals surface area (Å²) in [4.78, 5) is 22.7. The van der Waals surface area contributed by atoms with Crippen LogP contribution in [-0.2, 0) is 11.2 Å². The minimum Gasteiger partial charge on any atom is -0.376 e. The quantitative estimate of drug-likeness (QED) is 0.443. The lowest BCUT2D eigenvalue weighted by Gasteiger charge is -2.13. The van der Waals surface area contributed by atoms with Gasteiger partial charge in [-0.15, -0.1) is 0 Å². The average molecular weight is 368 g/mol. The van der Waals surface area contributed by atoms with Gasteiger partial charge < -0.3 is 5.32 Å². The third-order valence-electron chi connectivity index (χ3n) is 4.19. The molecule has 7 nitrogen and oxygen atoms in total. The van der Waals surface area contributed by atoms with Gasteiger partial charge in [-0.05, 0) is 38.3 Å². The maximum Gasteiger partial charge on any atom is 0.273 e. The number of nitro benzene ring substituents is 1. The maximum atomic E-state index is 12.0. The van der Waals surface area contributed by atoms with Crippen LogP contribution in [0.3, 0.4) is 0 Å². The molecule has 2 aromatic carbocycles. The number of nitrogens with one attached hydrogen (secondary N) is 2. The first-order valence-corrected chi connectivity index (χ1v) is 8.72. The molecular formula is C20H24N4O3. The van der Waals surface area contributed by atoms with E-state index in [0.29, 0.717) is 17.5 Å². The highest BCUT2D eigenvalue weighted by Gasteiger charge is 2.12. The van der Waals surface area contributed by atoms with Gasteiger partial charge in [0.05, 0.1) is 17.7 Å². The van der Waals surface area contributed by atoms with Gasteiger partial charge >= 0.3 is 0 Å².